The Hall–Kier alpha value is -2.68. The Labute approximate surface area is 138 Å². The number of hydrogen-bond donors (Lipinski definition) is 1. The molecule has 0 aliphatic carbocycles. The lowest BCUT2D eigenvalue weighted by atomic mass is 10.1. The molecule has 0 spiro atoms. The van der Waals surface area contributed by atoms with Crippen molar-refractivity contribution in [1.82, 2.24) is 4.98 Å². The maximum absolute atomic E-state index is 12.5. The van der Waals surface area contributed by atoms with Crippen molar-refractivity contribution in [2.75, 3.05) is 5.32 Å². The van der Waals surface area contributed by atoms with Crippen LogP contribution in [0.15, 0.2) is 36.5 Å². The van der Waals surface area contributed by atoms with Crippen LogP contribution in [0.5, 0.6) is 0 Å². The lowest BCUT2D eigenvalue weighted by Gasteiger charge is -2.10. The normalized spacial score (nSPS) is 11.2. The Balaban J connectivity index is 2.15. The van der Waals surface area contributed by atoms with E-state index >= 15 is 0 Å². The molecule has 10 heteroatoms. The molecule has 2 rings (SSSR count). The Morgan fingerprint density at radius 1 is 1.33 bits per heavy atom. The number of nitro benzene ring substituents is 1. The quantitative estimate of drug-likeness (QED) is 0.663. The van der Waals surface area contributed by atoms with Crippen molar-refractivity contribution in [3.8, 4) is 0 Å². The van der Waals surface area contributed by atoms with Crippen LogP contribution in [0, 0.1) is 10.1 Å². The number of para-hydroxylation sites is 1. The molecule has 0 fully saturated rings. The number of carbonyl (C=O) groups excluding carboxylic acids is 1. The molecule has 24 heavy (non-hydrogen) atoms. The van der Waals surface area contributed by atoms with Gasteiger partial charge in [-0.3, -0.25) is 14.9 Å². The summed E-state index contributed by atoms with van der Waals surface area (Å²) in [6.07, 6.45) is -4.42. The van der Waals surface area contributed by atoms with E-state index in [1.54, 1.807) is 0 Å². The van der Waals surface area contributed by atoms with Gasteiger partial charge in [-0.05, 0) is 6.07 Å². The van der Waals surface area contributed by atoms with Gasteiger partial charge in [-0.1, -0.05) is 29.8 Å². The Morgan fingerprint density at radius 2 is 2.00 bits per heavy atom. The van der Waals surface area contributed by atoms with Gasteiger partial charge in [0.2, 0.25) is 5.91 Å². The molecule has 1 heterocycles. The minimum absolute atomic E-state index is 0.156. The molecule has 0 atom stereocenters. The van der Waals surface area contributed by atoms with Crippen LogP contribution in [-0.2, 0) is 17.4 Å². The van der Waals surface area contributed by atoms with E-state index in [9.17, 15) is 28.1 Å². The zero-order chi connectivity index (χ0) is 17.9. The van der Waals surface area contributed by atoms with Crippen LogP contribution in [0.25, 0.3) is 0 Å². The third-order valence-electron chi connectivity index (χ3n) is 2.97. The van der Waals surface area contributed by atoms with Crippen LogP contribution in [-0.4, -0.2) is 15.8 Å². The summed E-state index contributed by atoms with van der Waals surface area (Å²) in [6.45, 7) is 0. The molecule has 1 amide bonds. The highest BCUT2D eigenvalue weighted by molar-refractivity contribution is 6.33. The molecule has 0 aliphatic heterocycles. The van der Waals surface area contributed by atoms with Gasteiger partial charge < -0.3 is 5.32 Å². The highest BCUT2D eigenvalue weighted by Crippen LogP contribution is 2.32. The van der Waals surface area contributed by atoms with E-state index in [4.69, 9.17) is 11.6 Å². The Morgan fingerprint density at radius 3 is 2.58 bits per heavy atom. The van der Waals surface area contributed by atoms with E-state index in [2.05, 4.69) is 10.3 Å². The second-order valence-corrected chi connectivity index (χ2v) is 5.07. The summed E-state index contributed by atoms with van der Waals surface area (Å²) in [5, 5.41) is 12.7. The van der Waals surface area contributed by atoms with Crippen molar-refractivity contribution in [1.29, 1.82) is 0 Å². The third kappa shape index (κ3) is 4.19. The number of hydrogen-bond acceptors (Lipinski definition) is 4. The summed E-state index contributed by atoms with van der Waals surface area (Å²) >= 11 is 5.68. The highest BCUT2D eigenvalue weighted by Gasteiger charge is 2.31. The first-order valence-electron chi connectivity index (χ1n) is 6.43. The standard InChI is InChI=1S/C14H9ClF3N3O3/c15-10-6-9(14(16,17)18)7-19-13(10)20-12(22)5-8-3-1-2-4-11(8)21(23)24/h1-4,6-7H,5H2,(H,19,20,22). The number of nitro groups is 1. The predicted molar refractivity (Wildman–Crippen MR) is 79.7 cm³/mol. The van der Waals surface area contributed by atoms with Crippen molar-refractivity contribution >= 4 is 29.0 Å². The molecule has 1 aromatic carbocycles. The van der Waals surface area contributed by atoms with Crippen molar-refractivity contribution in [2.45, 2.75) is 12.6 Å². The van der Waals surface area contributed by atoms with Crippen molar-refractivity contribution in [3.63, 3.8) is 0 Å². The molecule has 2 aromatic rings. The SMILES string of the molecule is O=C(Cc1ccccc1[N+](=O)[O-])Nc1ncc(C(F)(F)F)cc1Cl. The summed E-state index contributed by atoms with van der Waals surface area (Å²) < 4.78 is 37.6. The highest BCUT2D eigenvalue weighted by atomic mass is 35.5. The first-order chi connectivity index (χ1) is 11.2. The van der Waals surface area contributed by atoms with E-state index in [1.165, 1.54) is 24.3 Å². The van der Waals surface area contributed by atoms with Crippen LogP contribution in [0.2, 0.25) is 5.02 Å². The third-order valence-corrected chi connectivity index (χ3v) is 3.25. The van der Waals surface area contributed by atoms with E-state index in [1.807, 2.05) is 0 Å². The van der Waals surface area contributed by atoms with Gasteiger partial charge in [0.05, 0.1) is 21.9 Å². The molecule has 0 bridgehead atoms. The number of carbonyl (C=O) groups is 1. The number of halogens is 4. The monoisotopic (exact) mass is 359 g/mol. The fourth-order valence-corrected chi connectivity index (χ4v) is 2.09. The van der Waals surface area contributed by atoms with Crippen molar-refractivity contribution < 1.29 is 22.9 Å². The van der Waals surface area contributed by atoms with Crippen LogP contribution in [0.1, 0.15) is 11.1 Å². The van der Waals surface area contributed by atoms with Gasteiger partial charge in [0, 0.05) is 17.8 Å². The topological polar surface area (TPSA) is 85.1 Å². The fourth-order valence-electron chi connectivity index (χ4n) is 1.87. The molecular formula is C14H9ClF3N3O3. The summed E-state index contributed by atoms with van der Waals surface area (Å²) in [7, 11) is 0. The largest absolute Gasteiger partial charge is 0.417 e. The summed E-state index contributed by atoms with van der Waals surface area (Å²) in [5.41, 5.74) is -1.13. The van der Waals surface area contributed by atoms with Gasteiger partial charge in [0.1, 0.15) is 0 Å². The molecule has 1 aromatic heterocycles. The molecule has 0 unspecified atom stereocenters. The average molecular weight is 360 g/mol. The predicted octanol–water partition coefficient (Wildman–Crippen LogP) is 3.84. The zero-order valence-corrected chi connectivity index (χ0v) is 12.6. The van der Waals surface area contributed by atoms with E-state index in [-0.39, 0.29) is 28.5 Å². The molecule has 1 N–H and O–H groups in total. The number of anilines is 1. The second kappa shape index (κ2) is 6.83. The van der Waals surface area contributed by atoms with Gasteiger partial charge in [-0.2, -0.15) is 13.2 Å². The van der Waals surface area contributed by atoms with E-state index < -0.39 is 22.6 Å². The molecule has 0 saturated heterocycles. The maximum atomic E-state index is 12.5. The Kier molecular flexibility index (Phi) is 5.03. The van der Waals surface area contributed by atoms with E-state index in [0.717, 1.165) is 0 Å². The zero-order valence-electron chi connectivity index (χ0n) is 11.8. The van der Waals surface area contributed by atoms with Gasteiger partial charge >= 0.3 is 6.18 Å². The van der Waals surface area contributed by atoms with Crippen LogP contribution in [0.4, 0.5) is 24.7 Å². The number of nitrogens with one attached hydrogen (secondary N) is 1. The van der Waals surface area contributed by atoms with Crippen LogP contribution < -0.4 is 5.32 Å². The van der Waals surface area contributed by atoms with Gasteiger partial charge in [-0.15, -0.1) is 0 Å². The van der Waals surface area contributed by atoms with Crippen molar-refractivity contribution in [2.24, 2.45) is 0 Å². The number of amides is 1. The number of pyridine rings is 1. The Bertz CT molecular complexity index is 796. The minimum atomic E-state index is -4.61. The molecule has 0 aliphatic rings. The van der Waals surface area contributed by atoms with Gasteiger partial charge in [0.25, 0.3) is 5.69 Å². The van der Waals surface area contributed by atoms with E-state index in [0.29, 0.717) is 12.3 Å². The molecule has 0 radical (unpaired) electrons. The smallest absolute Gasteiger partial charge is 0.309 e. The number of benzene rings is 1. The molecule has 0 saturated carbocycles. The number of aromatic nitrogens is 1. The van der Waals surface area contributed by atoms with Crippen LogP contribution >= 0.6 is 11.6 Å². The number of rotatable bonds is 4. The summed E-state index contributed by atoms with van der Waals surface area (Å²) in [6, 6.07) is 6.26. The van der Waals surface area contributed by atoms with Gasteiger partial charge in [0.15, 0.2) is 5.82 Å². The first-order valence-corrected chi connectivity index (χ1v) is 6.81. The maximum Gasteiger partial charge on any atom is 0.417 e. The first kappa shape index (κ1) is 17.7. The molecule has 126 valence electrons. The molecular weight excluding hydrogens is 351 g/mol. The fraction of sp³-hybridized carbons (Fsp3) is 0.143. The lowest BCUT2D eigenvalue weighted by Crippen LogP contribution is -2.17. The average Bonchev–Trinajstić information content (AvgIpc) is 2.48. The second-order valence-electron chi connectivity index (χ2n) is 4.66. The number of nitrogens with zero attached hydrogens (tertiary/aromatic N) is 2. The van der Waals surface area contributed by atoms with Gasteiger partial charge in [-0.25, -0.2) is 4.98 Å². The van der Waals surface area contributed by atoms with Crippen LogP contribution in [0.3, 0.4) is 0 Å². The summed E-state index contributed by atoms with van der Waals surface area (Å²) in [5.74, 6) is -0.952. The summed E-state index contributed by atoms with van der Waals surface area (Å²) in [4.78, 5) is 25.7. The molecule has 6 nitrogen and oxygen atoms in total. The van der Waals surface area contributed by atoms with Crippen molar-refractivity contribution in [3.05, 3.63) is 62.8 Å². The number of alkyl halides is 3. The lowest BCUT2D eigenvalue weighted by molar-refractivity contribution is -0.385. The minimum Gasteiger partial charge on any atom is -0.309 e.